The maximum atomic E-state index is 5.99. The van der Waals surface area contributed by atoms with Gasteiger partial charge in [-0.3, -0.25) is 0 Å². The maximum Gasteiger partial charge on any atom is 0.118 e. The first-order chi connectivity index (χ1) is 9.29. The monoisotopic (exact) mass is 266 g/mol. The molecule has 2 rings (SSSR count). The zero-order valence-corrected chi connectivity index (χ0v) is 11.2. The molecule has 0 fully saturated rings. The van der Waals surface area contributed by atoms with Gasteiger partial charge in [-0.05, 0) is 48.2 Å². The van der Waals surface area contributed by atoms with Gasteiger partial charge in [0.15, 0.2) is 0 Å². The number of hydrogen-bond donors (Lipinski definition) is 0. The van der Waals surface area contributed by atoms with Crippen LogP contribution < -0.4 is 4.74 Å². The molecule has 19 heavy (non-hydrogen) atoms. The summed E-state index contributed by atoms with van der Waals surface area (Å²) >= 11 is 5.99. The van der Waals surface area contributed by atoms with E-state index in [9.17, 15) is 0 Å². The first-order valence-corrected chi connectivity index (χ1v) is 6.08. The molecule has 0 bridgehead atoms. The van der Waals surface area contributed by atoms with Gasteiger partial charge in [0.1, 0.15) is 5.75 Å². The molecule has 0 N–H and O–H groups in total. The van der Waals surface area contributed by atoms with E-state index in [-0.39, 0.29) is 0 Å². The molecule has 0 aromatic heterocycles. The molecule has 0 aliphatic heterocycles. The normalized spacial score (nSPS) is 8.74. The summed E-state index contributed by atoms with van der Waals surface area (Å²) in [7, 11) is 1.63. The molecule has 2 heteroatoms. The molecule has 0 saturated heterocycles. The lowest BCUT2D eigenvalue weighted by Crippen LogP contribution is -1.81. The second-order valence-corrected chi connectivity index (χ2v) is 4.12. The van der Waals surface area contributed by atoms with E-state index in [4.69, 9.17) is 16.3 Å². The molecule has 0 amide bonds. The van der Waals surface area contributed by atoms with Crippen molar-refractivity contribution in [1.82, 2.24) is 0 Å². The molecule has 0 aliphatic carbocycles. The van der Waals surface area contributed by atoms with Gasteiger partial charge in [-0.1, -0.05) is 35.6 Å². The van der Waals surface area contributed by atoms with E-state index >= 15 is 0 Å². The molecule has 1 nitrogen and oxygen atoms in total. The number of ether oxygens (including phenoxy) is 1. The van der Waals surface area contributed by atoms with E-state index in [1.165, 1.54) is 0 Å². The number of rotatable bonds is 1. The maximum absolute atomic E-state index is 5.99. The van der Waals surface area contributed by atoms with Gasteiger partial charge in [-0.15, -0.1) is 0 Å². The number of benzene rings is 2. The van der Waals surface area contributed by atoms with Crippen LogP contribution in [-0.4, -0.2) is 7.11 Å². The van der Waals surface area contributed by atoms with Crippen LogP contribution in [0.4, 0.5) is 0 Å². The van der Waals surface area contributed by atoms with Crippen LogP contribution in [0.15, 0.2) is 48.5 Å². The Kier molecular flexibility index (Phi) is 4.51. The standard InChI is InChI=1S/C17H11ClO/c1-19-16-12-10-14(11-13-16)6-2-3-7-15-8-4-5-9-17(15)18/h4-5,8-13H,1H3. The molecule has 0 heterocycles. The molecule has 0 atom stereocenters. The Morgan fingerprint density at radius 1 is 0.895 bits per heavy atom. The van der Waals surface area contributed by atoms with Crippen LogP contribution in [0.3, 0.4) is 0 Å². The van der Waals surface area contributed by atoms with Crippen molar-refractivity contribution in [3.63, 3.8) is 0 Å². The Hall–Kier alpha value is -2.35. The number of hydrogen-bond acceptors (Lipinski definition) is 1. The quantitative estimate of drug-likeness (QED) is 0.715. The molecule has 0 saturated carbocycles. The highest BCUT2D eigenvalue weighted by Gasteiger charge is 1.92. The number of halogens is 1. The Morgan fingerprint density at radius 2 is 1.58 bits per heavy atom. The average Bonchev–Trinajstić information content (AvgIpc) is 2.46. The Balaban J connectivity index is 2.11. The fraction of sp³-hybridized carbons (Fsp3) is 0.0588. The van der Waals surface area contributed by atoms with Gasteiger partial charge in [-0.2, -0.15) is 0 Å². The van der Waals surface area contributed by atoms with E-state index in [2.05, 4.69) is 23.7 Å². The lowest BCUT2D eigenvalue weighted by atomic mass is 10.2. The first-order valence-electron chi connectivity index (χ1n) is 5.70. The molecule has 0 aliphatic rings. The summed E-state index contributed by atoms with van der Waals surface area (Å²) in [6, 6.07) is 15.0. The minimum absolute atomic E-state index is 0.640. The van der Waals surface area contributed by atoms with Crippen molar-refractivity contribution in [3.8, 4) is 29.4 Å². The molecule has 2 aromatic carbocycles. The van der Waals surface area contributed by atoms with E-state index in [0.29, 0.717) is 5.02 Å². The summed E-state index contributed by atoms with van der Waals surface area (Å²) in [5.41, 5.74) is 1.68. The third kappa shape index (κ3) is 3.81. The van der Waals surface area contributed by atoms with Gasteiger partial charge >= 0.3 is 0 Å². The Morgan fingerprint density at radius 3 is 2.26 bits per heavy atom. The molecule has 2 aromatic rings. The predicted octanol–water partition coefficient (Wildman–Crippen LogP) is 3.75. The fourth-order valence-corrected chi connectivity index (χ4v) is 1.62. The summed E-state index contributed by atoms with van der Waals surface area (Å²) in [5.74, 6) is 12.3. The summed E-state index contributed by atoms with van der Waals surface area (Å²) in [6.07, 6.45) is 0. The largest absolute Gasteiger partial charge is 0.497 e. The first kappa shape index (κ1) is 13.1. The van der Waals surface area contributed by atoms with E-state index in [1.54, 1.807) is 7.11 Å². The van der Waals surface area contributed by atoms with Gasteiger partial charge < -0.3 is 4.74 Å². The predicted molar refractivity (Wildman–Crippen MR) is 78.2 cm³/mol. The van der Waals surface area contributed by atoms with Crippen molar-refractivity contribution < 1.29 is 4.74 Å². The van der Waals surface area contributed by atoms with Crippen LogP contribution in [0.5, 0.6) is 5.75 Å². The van der Waals surface area contributed by atoms with Gasteiger partial charge in [0.2, 0.25) is 0 Å². The Labute approximate surface area is 118 Å². The van der Waals surface area contributed by atoms with Gasteiger partial charge in [0.05, 0.1) is 12.1 Å². The van der Waals surface area contributed by atoms with Crippen molar-refractivity contribution in [3.05, 3.63) is 64.7 Å². The van der Waals surface area contributed by atoms with Crippen LogP contribution in [0.25, 0.3) is 0 Å². The third-order valence-corrected chi connectivity index (χ3v) is 2.76. The van der Waals surface area contributed by atoms with Crippen molar-refractivity contribution in [2.75, 3.05) is 7.11 Å². The van der Waals surface area contributed by atoms with E-state index in [0.717, 1.165) is 16.9 Å². The van der Waals surface area contributed by atoms with Crippen molar-refractivity contribution in [2.45, 2.75) is 0 Å². The molecular weight excluding hydrogens is 256 g/mol. The van der Waals surface area contributed by atoms with Crippen LogP contribution in [0.1, 0.15) is 11.1 Å². The SMILES string of the molecule is COc1ccc(C#CC#Cc2ccccc2Cl)cc1. The van der Waals surface area contributed by atoms with Gasteiger partial charge in [0, 0.05) is 11.1 Å². The van der Waals surface area contributed by atoms with E-state index in [1.807, 2.05) is 48.5 Å². The molecule has 0 unspecified atom stereocenters. The minimum atomic E-state index is 0.640. The number of methoxy groups -OCH3 is 1. The van der Waals surface area contributed by atoms with Crippen molar-refractivity contribution >= 4 is 11.6 Å². The summed E-state index contributed by atoms with van der Waals surface area (Å²) in [5, 5.41) is 0.640. The zero-order chi connectivity index (χ0) is 13.5. The van der Waals surface area contributed by atoms with Crippen LogP contribution in [0, 0.1) is 23.7 Å². The highest BCUT2D eigenvalue weighted by molar-refractivity contribution is 6.31. The minimum Gasteiger partial charge on any atom is -0.497 e. The lowest BCUT2D eigenvalue weighted by molar-refractivity contribution is 0.415. The van der Waals surface area contributed by atoms with Gasteiger partial charge in [0.25, 0.3) is 0 Å². The molecule has 0 radical (unpaired) electrons. The van der Waals surface area contributed by atoms with Gasteiger partial charge in [-0.25, -0.2) is 0 Å². The lowest BCUT2D eigenvalue weighted by Gasteiger charge is -1.96. The van der Waals surface area contributed by atoms with Crippen molar-refractivity contribution in [2.24, 2.45) is 0 Å². The highest BCUT2D eigenvalue weighted by Crippen LogP contribution is 2.13. The van der Waals surface area contributed by atoms with Crippen LogP contribution in [-0.2, 0) is 0 Å². The fourth-order valence-electron chi connectivity index (χ4n) is 1.44. The highest BCUT2D eigenvalue weighted by atomic mass is 35.5. The molecule has 92 valence electrons. The summed E-state index contributed by atoms with van der Waals surface area (Å²) in [4.78, 5) is 0. The second-order valence-electron chi connectivity index (χ2n) is 3.71. The smallest absolute Gasteiger partial charge is 0.118 e. The second kappa shape index (κ2) is 6.55. The van der Waals surface area contributed by atoms with E-state index < -0.39 is 0 Å². The van der Waals surface area contributed by atoms with Crippen molar-refractivity contribution in [1.29, 1.82) is 0 Å². The topological polar surface area (TPSA) is 9.23 Å². The Bertz CT molecular complexity index is 679. The summed E-state index contributed by atoms with van der Waals surface area (Å²) < 4.78 is 5.08. The zero-order valence-electron chi connectivity index (χ0n) is 10.4. The van der Waals surface area contributed by atoms with Crippen LogP contribution in [0.2, 0.25) is 5.02 Å². The average molecular weight is 267 g/mol. The third-order valence-electron chi connectivity index (χ3n) is 2.43. The van der Waals surface area contributed by atoms with Crippen LogP contribution >= 0.6 is 11.6 Å². The molecule has 0 spiro atoms. The molecular formula is C17H11ClO. The summed E-state index contributed by atoms with van der Waals surface area (Å²) in [6.45, 7) is 0.